The zero-order valence-corrected chi connectivity index (χ0v) is 10.2. The van der Waals surface area contributed by atoms with E-state index in [4.69, 9.17) is 4.74 Å². The van der Waals surface area contributed by atoms with E-state index in [9.17, 15) is 0 Å². The second-order valence-electron chi connectivity index (χ2n) is 5.89. The molecule has 1 aliphatic heterocycles. The van der Waals surface area contributed by atoms with Gasteiger partial charge in [0.1, 0.15) is 0 Å². The van der Waals surface area contributed by atoms with Gasteiger partial charge in [0.05, 0.1) is 6.61 Å². The molecule has 2 heteroatoms. The first-order valence-corrected chi connectivity index (χ1v) is 6.51. The van der Waals surface area contributed by atoms with E-state index in [1.54, 1.807) is 0 Å². The fourth-order valence-electron chi connectivity index (χ4n) is 3.05. The van der Waals surface area contributed by atoms with Gasteiger partial charge in [0, 0.05) is 19.2 Å². The Kier molecular flexibility index (Phi) is 3.68. The monoisotopic (exact) mass is 211 g/mol. The summed E-state index contributed by atoms with van der Waals surface area (Å²) in [7, 11) is 0. The van der Waals surface area contributed by atoms with E-state index in [1.165, 1.54) is 38.6 Å². The fraction of sp³-hybridized carbons (Fsp3) is 1.00. The fourth-order valence-corrected chi connectivity index (χ4v) is 3.05. The summed E-state index contributed by atoms with van der Waals surface area (Å²) in [5.74, 6) is 0.840. The second kappa shape index (κ2) is 4.84. The molecule has 2 rings (SSSR count). The Hall–Kier alpha value is -0.0800. The van der Waals surface area contributed by atoms with Crippen LogP contribution in [0.3, 0.4) is 0 Å². The van der Waals surface area contributed by atoms with Crippen molar-refractivity contribution in [3.63, 3.8) is 0 Å². The van der Waals surface area contributed by atoms with Gasteiger partial charge >= 0.3 is 0 Å². The van der Waals surface area contributed by atoms with Gasteiger partial charge < -0.3 is 10.1 Å². The molecule has 1 unspecified atom stereocenters. The average molecular weight is 211 g/mol. The molecule has 2 nitrogen and oxygen atoms in total. The van der Waals surface area contributed by atoms with Crippen LogP contribution in [-0.4, -0.2) is 25.8 Å². The van der Waals surface area contributed by atoms with Gasteiger partial charge in [0.15, 0.2) is 0 Å². The van der Waals surface area contributed by atoms with Crippen molar-refractivity contribution in [3.8, 4) is 0 Å². The van der Waals surface area contributed by atoms with Gasteiger partial charge in [-0.25, -0.2) is 0 Å². The van der Waals surface area contributed by atoms with Crippen molar-refractivity contribution in [1.82, 2.24) is 5.32 Å². The van der Waals surface area contributed by atoms with Crippen molar-refractivity contribution >= 4 is 0 Å². The van der Waals surface area contributed by atoms with Crippen molar-refractivity contribution in [1.29, 1.82) is 0 Å². The van der Waals surface area contributed by atoms with Crippen LogP contribution in [0.4, 0.5) is 0 Å². The van der Waals surface area contributed by atoms with E-state index >= 15 is 0 Å². The Bertz CT molecular complexity index is 193. The predicted octanol–water partition coefficient (Wildman–Crippen LogP) is 2.58. The molecule has 1 saturated heterocycles. The number of nitrogens with one attached hydrogen (secondary N) is 1. The van der Waals surface area contributed by atoms with Crippen LogP contribution in [0.5, 0.6) is 0 Å². The van der Waals surface area contributed by atoms with Gasteiger partial charge in [0.25, 0.3) is 0 Å². The summed E-state index contributed by atoms with van der Waals surface area (Å²) >= 11 is 0. The molecule has 0 radical (unpaired) electrons. The van der Waals surface area contributed by atoms with E-state index in [-0.39, 0.29) is 0 Å². The lowest BCUT2D eigenvalue weighted by molar-refractivity contribution is 0.0923. The third kappa shape index (κ3) is 2.94. The lowest BCUT2D eigenvalue weighted by Gasteiger charge is -2.44. The maximum Gasteiger partial charge on any atom is 0.0620 e. The molecule has 15 heavy (non-hydrogen) atoms. The highest BCUT2D eigenvalue weighted by Crippen LogP contribution is 2.45. The van der Waals surface area contributed by atoms with E-state index in [2.05, 4.69) is 19.2 Å². The van der Waals surface area contributed by atoms with Crippen molar-refractivity contribution in [2.24, 2.45) is 11.3 Å². The minimum Gasteiger partial charge on any atom is -0.380 e. The number of hydrogen-bond donors (Lipinski definition) is 1. The Morgan fingerprint density at radius 1 is 1.40 bits per heavy atom. The van der Waals surface area contributed by atoms with Gasteiger partial charge in [-0.2, -0.15) is 0 Å². The van der Waals surface area contributed by atoms with Gasteiger partial charge in [-0.1, -0.05) is 20.3 Å². The standard InChI is InChI=1S/C13H25NO/c1-11(2)8-13(5-3-6-13)10-14-12-4-7-15-9-12/h11-12,14H,3-10H2,1-2H3. The highest BCUT2D eigenvalue weighted by Gasteiger charge is 2.37. The van der Waals surface area contributed by atoms with Crippen LogP contribution in [-0.2, 0) is 4.74 Å². The lowest BCUT2D eigenvalue weighted by Crippen LogP contribution is -2.44. The smallest absolute Gasteiger partial charge is 0.0620 e. The Morgan fingerprint density at radius 3 is 2.67 bits per heavy atom. The molecule has 2 aliphatic rings. The van der Waals surface area contributed by atoms with E-state index in [0.29, 0.717) is 11.5 Å². The maximum absolute atomic E-state index is 5.39. The number of hydrogen-bond acceptors (Lipinski definition) is 2. The Morgan fingerprint density at radius 2 is 2.20 bits per heavy atom. The molecule has 0 spiro atoms. The van der Waals surface area contributed by atoms with E-state index in [1.807, 2.05) is 0 Å². The summed E-state index contributed by atoms with van der Waals surface area (Å²) in [5, 5.41) is 3.70. The summed E-state index contributed by atoms with van der Waals surface area (Å²) in [6, 6.07) is 0.634. The molecule has 2 fully saturated rings. The molecule has 88 valence electrons. The zero-order valence-electron chi connectivity index (χ0n) is 10.2. The summed E-state index contributed by atoms with van der Waals surface area (Å²) in [6.07, 6.45) is 6.92. The van der Waals surface area contributed by atoms with Crippen LogP contribution in [0.2, 0.25) is 0 Å². The summed E-state index contributed by atoms with van der Waals surface area (Å²) in [6.45, 7) is 7.79. The molecule has 0 bridgehead atoms. The minimum absolute atomic E-state index is 0.634. The third-order valence-corrected chi connectivity index (χ3v) is 3.95. The Labute approximate surface area is 93.8 Å². The summed E-state index contributed by atoms with van der Waals surface area (Å²) < 4.78 is 5.39. The number of rotatable bonds is 5. The van der Waals surface area contributed by atoms with Crippen LogP contribution >= 0.6 is 0 Å². The maximum atomic E-state index is 5.39. The van der Waals surface area contributed by atoms with Crippen LogP contribution in [0.15, 0.2) is 0 Å². The van der Waals surface area contributed by atoms with Crippen LogP contribution in [0.1, 0.15) is 46.0 Å². The van der Waals surface area contributed by atoms with Crippen LogP contribution in [0, 0.1) is 11.3 Å². The van der Waals surface area contributed by atoms with E-state index < -0.39 is 0 Å². The van der Waals surface area contributed by atoms with Crippen molar-refractivity contribution in [2.75, 3.05) is 19.8 Å². The molecule has 0 aromatic heterocycles. The quantitative estimate of drug-likeness (QED) is 0.754. The average Bonchev–Trinajstić information content (AvgIpc) is 2.61. The van der Waals surface area contributed by atoms with Gasteiger partial charge in [-0.3, -0.25) is 0 Å². The normalized spacial score (nSPS) is 29.4. The van der Waals surface area contributed by atoms with Gasteiger partial charge in [-0.15, -0.1) is 0 Å². The molecule has 0 aromatic rings. The third-order valence-electron chi connectivity index (χ3n) is 3.95. The lowest BCUT2D eigenvalue weighted by atomic mass is 9.64. The molecule has 0 amide bonds. The van der Waals surface area contributed by atoms with Crippen LogP contribution in [0.25, 0.3) is 0 Å². The first-order valence-electron chi connectivity index (χ1n) is 6.51. The molecular weight excluding hydrogens is 186 g/mol. The Balaban J connectivity index is 1.74. The molecule has 1 N–H and O–H groups in total. The largest absolute Gasteiger partial charge is 0.380 e. The van der Waals surface area contributed by atoms with Gasteiger partial charge in [-0.05, 0) is 37.0 Å². The van der Waals surface area contributed by atoms with Crippen molar-refractivity contribution in [2.45, 2.75) is 52.0 Å². The second-order valence-corrected chi connectivity index (χ2v) is 5.89. The molecule has 1 atom stereocenters. The SMILES string of the molecule is CC(C)CC1(CNC2CCOC2)CCC1. The molecule has 1 saturated carbocycles. The summed E-state index contributed by atoms with van der Waals surface area (Å²) in [4.78, 5) is 0. The highest BCUT2D eigenvalue weighted by atomic mass is 16.5. The molecular formula is C13H25NO. The zero-order chi connectivity index (χ0) is 10.7. The minimum atomic E-state index is 0.634. The van der Waals surface area contributed by atoms with E-state index in [0.717, 1.165) is 19.1 Å². The van der Waals surface area contributed by atoms with Crippen molar-refractivity contribution in [3.05, 3.63) is 0 Å². The molecule has 0 aromatic carbocycles. The number of ether oxygens (including phenoxy) is 1. The highest BCUT2D eigenvalue weighted by molar-refractivity contribution is 4.91. The first-order chi connectivity index (χ1) is 7.20. The topological polar surface area (TPSA) is 21.3 Å². The summed E-state index contributed by atoms with van der Waals surface area (Å²) in [5.41, 5.74) is 0.636. The van der Waals surface area contributed by atoms with Gasteiger partial charge in [0.2, 0.25) is 0 Å². The molecule has 1 heterocycles. The molecule has 1 aliphatic carbocycles. The first kappa shape index (κ1) is 11.4. The predicted molar refractivity (Wildman–Crippen MR) is 63.0 cm³/mol. The van der Waals surface area contributed by atoms with Crippen LogP contribution < -0.4 is 5.32 Å². The van der Waals surface area contributed by atoms with Crippen molar-refractivity contribution < 1.29 is 4.74 Å².